The van der Waals surface area contributed by atoms with Crippen LogP contribution < -0.4 is 10.2 Å². The van der Waals surface area contributed by atoms with Crippen molar-refractivity contribution in [2.75, 3.05) is 36.5 Å². The first kappa shape index (κ1) is 23.2. The molecule has 1 aliphatic heterocycles. The Hall–Kier alpha value is -4.19. The number of morpholine rings is 1. The van der Waals surface area contributed by atoms with Gasteiger partial charge in [0.1, 0.15) is 23.5 Å². The predicted molar refractivity (Wildman–Crippen MR) is 132 cm³/mol. The average Bonchev–Trinajstić information content (AvgIpc) is 3.52. The largest absolute Gasteiger partial charge is 0.378 e. The Labute approximate surface area is 209 Å². The van der Waals surface area contributed by atoms with E-state index in [2.05, 4.69) is 20.3 Å². The first-order valence-electron chi connectivity index (χ1n) is 11.8. The number of aromatic amines is 1. The molecule has 6 rings (SSSR count). The lowest BCUT2D eigenvalue weighted by atomic mass is 10.1. The van der Waals surface area contributed by atoms with Gasteiger partial charge in [0, 0.05) is 13.1 Å². The van der Waals surface area contributed by atoms with Gasteiger partial charge in [-0.3, -0.25) is 4.57 Å². The summed E-state index contributed by atoms with van der Waals surface area (Å²) in [5.74, 6) is -1.09. The van der Waals surface area contributed by atoms with Crippen molar-refractivity contribution in [1.29, 1.82) is 0 Å². The lowest BCUT2D eigenvalue weighted by Gasteiger charge is -2.29. The quantitative estimate of drug-likeness (QED) is 0.366. The summed E-state index contributed by atoms with van der Waals surface area (Å²) in [5.41, 5.74) is 0.909. The van der Waals surface area contributed by atoms with Gasteiger partial charge in [0.05, 0.1) is 30.0 Å². The Morgan fingerprint density at radius 1 is 1.00 bits per heavy atom. The van der Waals surface area contributed by atoms with Crippen LogP contribution in [-0.4, -0.2) is 55.8 Å². The number of hydrogen-bond donors (Lipinski definition) is 2. The number of H-pyrrole nitrogens is 1. The van der Waals surface area contributed by atoms with Gasteiger partial charge < -0.3 is 19.9 Å². The van der Waals surface area contributed by atoms with E-state index in [9.17, 15) is 13.2 Å². The third-order valence-electron chi connectivity index (χ3n) is 6.33. The van der Waals surface area contributed by atoms with E-state index in [1.807, 2.05) is 18.7 Å². The van der Waals surface area contributed by atoms with Gasteiger partial charge in [0.25, 0.3) is 0 Å². The van der Waals surface area contributed by atoms with Crippen molar-refractivity contribution >= 4 is 34.0 Å². The van der Waals surface area contributed by atoms with Crippen LogP contribution in [0.3, 0.4) is 0 Å². The maximum absolute atomic E-state index is 14.3. The summed E-state index contributed by atoms with van der Waals surface area (Å²) in [5, 5.41) is 3.36. The molecule has 0 unspecified atom stereocenters. The number of aromatic nitrogens is 6. The number of nitrogens with zero attached hydrogens (tertiary/aromatic N) is 6. The number of benzene rings is 2. The summed E-state index contributed by atoms with van der Waals surface area (Å²) in [6.07, 6.45) is 1.56. The molecule has 9 nitrogen and oxygen atoms in total. The van der Waals surface area contributed by atoms with Gasteiger partial charge in [0.15, 0.2) is 28.6 Å². The molecule has 37 heavy (non-hydrogen) atoms. The number of rotatable bonds is 5. The first-order valence-corrected chi connectivity index (χ1v) is 11.8. The van der Waals surface area contributed by atoms with Crippen molar-refractivity contribution in [3.05, 3.63) is 66.0 Å². The van der Waals surface area contributed by atoms with Gasteiger partial charge >= 0.3 is 0 Å². The van der Waals surface area contributed by atoms with Crippen molar-refractivity contribution in [3.63, 3.8) is 0 Å². The smallest absolute Gasteiger partial charge is 0.229 e. The van der Waals surface area contributed by atoms with Crippen molar-refractivity contribution in [3.8, 4) is 5.69 Å². The van der Waals surface area contributed by atoms with Crippen LogP contribution in [0.1, 0.15) is 19.7 Å². The predicted octanol–water partition coefficient (Wildman–Crippen LogP) is 4.29. The molecule has 0 aliphatic carbocycles. The van der Waals surface area contributed by atoms with E-state index in [-0.39, 0.29) is 11.3 Å². The molecule has 1 saturated heterocycles. The Morgan fingerprint density at radius 2 is 1.81 bits per heavy atom. The minimum atomic E-state index is -1.01. The fourth-order valence-corrected chi connectivity index (χ4v) is 4.36. The van der Waals surface area contributed by atoms with E-state index in [0.717, 1.165) is 6.07 Å². The van der Waals surface area contributed by atoms with Gasteiger partial charge in [-0.25, -0.2) is 23.1 Å². The molecule has 0 bridgehead atoms. The summed E-state index contributed by atoms with van der Waals surface area (Å²) in [6, 6.07) is 8.65. The Morgan fingerprint density at radius 3 is 2.59 bits per heavy atom. The van der Waals surface area contributed by atoms with E-state index >= 15 is 0 Å². The SMILES string of the molecule is CC(C)(Nc1nc(N2CCOCC2)nc2c1ncn2-c1cccc(F)c1)c1nc2c(F)c(F)ccc2[nH]1. The third-order valence-corrected chi connectivity index (χ3v) is 6.33. The van der Waals surface area contributed by atoms with Crippen LogP contribution in [0, 0.1) is 17.5 Å². The van der Waals surface area contributed by atoms with Crippen molar-refractivity contribution in [1.82, 2.24) is 29.5 Å². The van der Waals surface area contributed by atoms with Crippen LogP contribution in [0.25, 0.3) is 27.9 Å². The third kappa shape index (κ3) is 4.12. The van der Waals surface area contributed by atoms with E-state index in [1.54, 1.807) is 23.0 Å². The maximum Gasteiger partial charge on any atom is 0.229 e. The summed E-state index contributed by atoms with van der Waals surface area (Å²) in [6.45, 7) is 5.98. The topological polar surface area (TPSA) is 96.8 Å². The number of fused-ring (bicyclic) bond motifs is 2. The second-order valence-corrected chi connectivity index (χ2v) is 9.33. The molecule has 12 heteroatoms. The van der Waals surface area contributed by atoms with Crippen LogP contribution in [0.2, 0.25) is 0 Å². The monoisotopic (exact) mass is 508 g/mol. The summed E-state index contributed by atoms with van der Waals surface area (Å²) < 4.78 is 49.3. The standard InChI is InChI=1S/C25H23F3N8O/c1-25(2,23-30-17-7-6-16(27)18(28)19(17)31-23)34-21-20-22(33-24(32-21)35-8-10-37-11-9-35)36(13-29-20)15-5-3-4-14(26)12-15/h3-7,12-13H,8-11H2,1-2H3,(H,30,31)(H,32,33,34). The van der Waals surface area contributed by atoms with Crippen LogP contribution in [0.15, 0.2) is 42.7 Å². The molecular formula is C25H23F3N8O. The molecule has 5 aromatic rings. The highest BCUT2D eigenvalue weighted by atomic mass is 19.2. The Bertz CT molecular complexity index is 1620. The first-order chi connectivity index (χ1) is 17.8. The van der Waals surface area contributed by atoms with Crippen molar-refractivity contribution in [2.45, 2.75) is 19.4 Å². The fourth-order valence-electron chi connectivity index (χ4n) is 4.36. The van der Waals surface area contributed by atoms with Crippen LogP contribution in [-0.2, 0) is 10.3 Å². The highest BCUT2D eigenvalue weighted by Crippen LogP contribution is 2.31. The fraction of sp³-hybridized carbons (Fsp3) is 0.280. The molecule has 1 fully saturated rings. The molecule has 2 N–H and O–H groups in total. The average molecular weight is 509 g/mol. The number of anilines is 2. The van der Waals surface area contributed by atoms with Crippen LogP contribution >= 0.6 is 0 Å². The minimum Gasteiger partial charge on any atom is -0.378 e. The van der Waals surface area contributed by atoms with Crippen LogP contribution in [0.4, 0.5) is 24.9 Å². The van der Waals surface area contributed by atoms with Crippen LogP contribution in [0.5, 0.6) is 0 Å². The summed E-state index contributed by atoms with van der Waals surface area (Å²) in [4.78, 5) is 23.5. The maximum atomic E-state index is 14.3. The minimum absolute atomic E-state index is 0.0814. The number of imidazole rings is 2. The van der Waals surface area contributed by atoms with Gasteiger partial charge in [0.2, 0.25) is 5.95 Å². The van der Waals surface area contributed by atoms with E-state index < -0.39 is 17.2 Å². The highest BCUT2D eigenvalue weighted by Gasteiger charge is 2.29. The summed E-state index contributed by atoms with van der Waals surface area (Å²) >= 11 is 0. The molecule has 0 atom stereocenters. The second kappa shape index (κ2) is 8.73. The lowest BCUT2D eigenvalue weighted by Crippen LogP contribution is -2.38. The zero-order valence-electron chi connectivity index (χ0n) is 20.1. The summed E-state index contributed by atoms with van der Waals surface area (Å²) in [7, 11) is 0. The van der Waals surface area contributed by atoms with E-state index in [0.29, 0.717) is 66.3 Å². The highest BCUT2D eigenvalue weighted by molar-refractivity contribution is 5.86. The Balaban J connectivity index is 1.47. The molecule has 3 aromatic heterocycles. The zero-order chi connectivity index (χ0) is 25.7. The molecule has 190 valence electrons. The second-order valence-electron chi connectivity index (χ2n) is 9.33. The van der Waals surface area contributed by atoms with Gasteiger partial charge in [-0.1, -0.05) is 6.07 Å². The molecule has 0 spiro atoms. The number of halogens is 3. The molecule has 0 amide bonds. The molecular weight excluding hydrogens is 485 g/mol. The van der Waals surface area contributed by atoms with Gasteiger partial charge in [-0.05, 0) is 44.2 Å². The molecule has 4 heterocycles. The zero-order valence-corrected chi connectivity index (χ0v) is 20.1. The number of ether oxygens (including phenoxy) is 1. The lowest BCUT2D eigenvalue weighted by molar-refractivity contribution is 0.122. The van der Waals surface area contributed by atoms with Crippen molar-refractivity contribution < 1.29 is 17.9 Å². The molecule has 0 saturated carbocycles. The van der Waals surface area contributed by atoms with Gasteiger partial charge in [-0.15, -0.1) is 0 Å². The van der Waals surface area contributed by atoms with E-state index in [1.165, 1.54) is 18.2 Å². The van der Waals surface area contributed by atoms with E-state index in [4.69, 9.17) is 14.7 Å². The molecule has 2 aromatic carbocycles. The molecule has 1 aliphatic rings. The van der Waals surface area contributed by atoms with Gasteiger partial charge in [-0.2, -0.15) is 9.97 Å². The molecule has 0 radical (unpaired) electrons. The Kier molecular flexibility index (Phi) is 5.48. The van der Waals surface area contributed by atoms with Crippen molar-refractivity contribution in [2.24, 2.45) is 0 Å². The number of hydrogen-bond acceptors (Lipinski definition) is 7. The number of nitrogens with one attached hydrogen (secondary N) is 2. The normalized spacial score (nSPS) is 14.6.